The van der Waals surface area contributed by atoms with Gasteiger partial charge in [-0.25, -0.2) is 9.59 Å². The summed E-state index contributed by atoms with van der Waals surface area (Å²) in [5.74, 6) is -1.50. The molecule has 0 saturated carbocycles. The van der Waals surface area contributed by atoms with E-state index in [9.17, 15) is 9.59 Å². The Morgan fingerprint density at radius 2 is 1.68 bits per heavy atom. The van der Waals surface area contributed by atoms with Gasteiger partial charge in [0.05, 0.1) is 4.58 Å². The maximum Gasteiger partial charge on any atom is 0.342 e. The second-order valence-electron chi connectivity index (χ2n) is 4.63. The summed E-state index contributed by atoms with van der Waals surface area (Å²) in [4.78, 5) is 20.9. The minimum Gasteiger partial charge on any atom is -0.477 e. The Kier molecular flexibility index (Phi) is 7.94. The molecule has 1 rings (SSSR count). The third-order valence-electron chi connectivity index (χ3n) is 2.20. The molecule has 2 N–H and O–H groups in total. The van der Waals surface area contributed by atoms with E-state index < -0.39 is 17.5 Å². The molecule has 0 spiro atoms. The van der Waals surface area contributed by atoms with Crippen molar-refractivity contribution < 1.29 is 19.8 Å². The van der Waals surface area contributed by atoms with Gasteiger partial charge in [0, 0.05) is 0 Å². The molecule has 19 heavy (non-hydrogen) atoms. The topological polar surface area (TPSA) is 74.6 Å². The van der Waals surface area contributed by atoms with Crippen molar-refractivity contribution >= 4 is 35.5 Å². The van der Waals surface area contributed by atoms with Gasteiger partial charge < -0.3 is 10.2 Å². The number of allylic oxidation sites excluding steroid dienone is 1. The van der Waals surface area contributed by atoms with E-state index in [-0.39, 0.29) is 0 Å². The van der Waals surface area contributed by atoms with E-state index in [1.165, 1.54) is 0 Å². The van der Waals surface area contributed by atoms with Crippen LogP contribution in [0, 0.1) is 11.8 Å². The normalized spacial score (nSPS) is 17.8. The van der Waals surface area contributed by atoms with Crippen molar-refractivity contribution in [2.75, 3.05) is 0 Å². The fourth-order valence-corrected chi connectivity index (χ4v) is 3.76. The van der Waals surface area contributed by atoms with Gasteiger partial charge in [-0.2, -0.15) is 0 Å². The highest BCUT2D eigenvalue weighted by atomic mass is 32.2. The zero-order valence-electron chi connectivity index (χ0n) is 11.5. The molecule has 108 valence electrons. The summed E-state index contributed by atoms with van der Waals surface area (Å²) in [6.45, 7) is 11.9. The molecular formula is C13H20O4S2. The van der Waals surface area contributed by atoms with Crippen LogP contribution in [0.25, 0.3) is 0 Å². The van der Waals surface area contributed by atoms with Crippen molar-refractivity contribution in [1.29, 1.82) is 0 Å². The van der Waals surface area contributed by atoms with Gasteiger partial charge in [-0.05, 0) is 22.1 Å². The molecule has 0 amide bonds. The molecule has 1 aliphatic heterocycles. The van der Waals surface area contributed by atoms with Gasteiger partial charge in [-0.15, -0.1) is 23.5 Å². The predicted octanol–water partition coefficient (Wildman–Crippen LogP) is 3.66. The van der Waals surface area contributed by atoms with Gasteiger partial charge in [0.2, 0.25) is 0 Å². The van der Waals surface area contributed by atoms with Gasteiger partial charge >= 0.3 is 11.9 Å². The highest BCUT2D eigenvalue weighted by Crippen LogP contribution is 2.46. The number of aliphatic carboxylic acids is 2. The van der Waals surface area contributed by atoms with Gasteiger partial charge in [-0.1, -0.05) is 34.3 Å². The fraction of sp³-hybridized carbons (Fsp3) is 0.538. The van der Waals surface area contributed by atoms with E-state index in [1.807, 2.05) is 11.8 Å². The lowest BCUT2D eigenvalue weighted by atomic mass is 10.2. The molecule has 0 aromatic rings. The summed E-state index contributed by atoms with van der Waals surface area (Å²) >= 11 is 4.04. The van der Waals surface area contributed by atoms with Crippen LogP contribution in [0.3, 0.4) is 0 Å². The summed E-state index contributed by atoms with van der Waals surface area (Å²) in [5, 5.41) is 18.1. The highest BCUT2D eigenvalue weighted by Gasteiger charge is 2.22. The first-order chi connectivity index (χ1) is 8.66. The second-order valence-corrected chi connectivity index (χ2v) is 7.16. The van der Waals surface area contributed by atoms with Crippen LogP contribution in [0.5, 0.6) is 0 Å². The highest BCUT2D eigenvalue weighted by molar-refractivity contribution is 8.23. The van der Waals surface area contributed by atoms with E-state index in [4.69, 9.17) is 10.2 Å². The fourth-order valence-electron chi connectivity index (χ4n) is 0.981. The van der Waals surface area contributed by atoms with Crippen molar-refractivity contribution in [2.24, 2.45) is 11.8 Å². The van der Waals surface area contributed by atoms with Crippen LogP contribution in [0.1, 0.15) is 27.7 Å². The SMILES string of the molecule is C=C(C(=O)O)C(=O)O.CC(C)C1=CSC(C(C)C)S1. The van der Waals surface area contributed by atoms with Gasteiger partial charge in [-0.3, -0.25) is 0 Å². The first-order valence-corrected chi connectivity index (χ1v) is 7.66. The molecule has 0 aromatic carbocycles. The lowest BCUT2D eigenvalue weighted by Crippen LogP contribution is -2.08. The van der Waals surface area contributed by atoms with E-state index in [1.54, 1.807) is 4.91 Å². The quantitative estimate of drug-likeness (QED) is 0.469. The van der Waals surface area contributed by atoms with Crippen LogP contribution >= 0.6 is 23.5 Å². The third kappa shape index (κ3) is 6.73. The summed E-state index contributed by atoms with van der Waals surface area (Å²) in [7, 11) is 0. The predicted molar refractivity (Wildman–Crippen MR) is 81.1 cm³/mol. The number of hydrogen-bond acceptors (Lipinski definition) is 4. The molecule has 0 saturated heterocycles. The first-order valence-electron chi connectivity index (χ1n) is 5.84. The monoisotopic (exact) mass is 304 g/mol. The summed E-state index contributed by atoms with van der Waals surface area (Å²) < 4.78 is 0.771. The van der Waals surface area contributed by atoms with E-state index in [2.05, 4.69) is 51.4 Å². The molecule has 0 aliphatic carbocycles. The zero-order valence-corrected chi connectivity index (χ0v) is 13.2. The third-order valence-corrected chi connectivity index (χ3v) is 5.81. The van der Waals surface area contributed by atoms with Crippen molar-refractivity contribution in [3.05, 3.63) is 22.5 Å². The molecule has 1 unspecified atom stereocenters. The Bertz CT molecular complexity index is 370. The van der Waals surface area contributed by atoms with Gasteiger partial charge in [0.15, 0.2) is 0 Å². The second kappa shape index (κ2) is 8.32. The van der Waals surface area contributed by atoms with Crippen LogP contribution in [0.15, 0.2) is 22.5 Å². The molecular weight excluding hydrogens is 284 g/mol. The Labute approximate surface area is 122 Å². The minimum absolute atomic E-state index is 0.719. The lowest BCUT2D eigenvalue weighted by Gasteiger charge is -2.13. The van der Waals surface area contributed by atoms with E-state index in [0.29, 0.717) is 0 Å². The average molecular weight is 304 g/mol. The molecule has 0 aromatic heterocycles. The number of carboxylic acid groups (broad SMARTS) is 2. The summed E-state index contributed by atoms with van der Waals surface area (Å²) in [6.07, 6.45) is 0. The van der Waals surface area contributed by atoms with Crippen molar-refractivity contribution in [2.45, 2.75) is 32.3 Å². The van der Waals surface area contributed by atoms with Crippen LogP contribution in [-0.4, -0.2) is 26.7 Å². The number of thioether (sulfide) groups is 2. The Hall–Kier alpha value is -0.880. The largest absolute Gasteiger partial charge is 0.477 e. The molecule has 0 fully saturated rings. The molecule has 0 bridgehead atoms. The number of rotatable bonds is 4. The summed E-state index contributed by atoms with van der Waals surface area (Å²) in [5.41, 5.74) is -0.815. The van der Waals surface area contributed by atoms with Crippen LogP contribution in [0.4, 0.5) is 0 Å². The first kappa shape index (κ1) is 18.1. The molecule has 1 aliphatic rings. The molecule has 4 nitrogen and oxygen atoms in total. The summed E-state index contributed by atoms with van der Waals surface area (Å²) in [6, 6.07) is 0. The lowest BCUT2D eigenvalue weighted by molar-refractivity contribution is -0.140. The Morgan fingerprint density at radius 3 is 1.84 bits per heavy atom. The number of hydrogen-bond donors (Lipinski definition) is 2. The Balaban J connectivity index is 0.000000362. The number of carbonyl (C=O) groups is 2. The Morgan fingerprint density at radius 1 is 1.21 bits per heavy atom. The smallest absolute Gasteiger partial charge is 0.342 e. The minimum atomic E-state index is -1.50. The van der Waals surface area contributed by atoms with Crippen LogP contribution in [0.2, 0.25) is 0 Å². The van der Waals surface area contributed by atoms with Crippen molar-refractivity contribution in [1.82, 2.24) is 0 Å². The van der Waals surface area contributed by atoms with Crippen LogP contribution < -0.4 is 0 Å². The molecule has 1 heterocycles. The van der Waals surface area contributed by atoms with Crippen molar-refractivity contribution in [3.63, 3.8) is 0 Å². The van der Waals surface area contributed by atoms with Crippen molar-refractivity contribution in [3.8, 4) is 0 Å². The standard InChI is InChI=1S/C9H16S2.C4H4O4/c1-6(2)8-5-10-9(11-8)7(3)4;1-2(3(5)6)4(7)8/h5-7,9H,1-4H3;1H2,(H,5,6)(H,7,8). The maximum atomic E-state index is 9.66. The van der Waals surface area contributed by atoms with E-state index in [0.717, 1.165) is 16.4 Å². The number of carboxylic acids is 2. The zero-order chi connectivity index (χ0) is 15.2. The van der Waals surface area contributed by atoms with Gasteiger partial charge in [0.25, 0.3) is 0 Å². The van der Waals surface area contributed by atoms with E-state index >= 15 is 0 Å². The molecule has 1 atom stereocenters. The molecule has 6 heteroatoms. The maximum absolute atomic E-state index is 9.66. The average Bonchev–Trinajstić information content (AvgIpc) is 2.77. The van der Waals surface area contributed by atoms with Crippen LogP contribution in [-0.2, 0) is 9.59 Å². The molecule has 0 radical (unpaired) electrons. The van der Waals surface area contributed by atoms with Gasteiger partial charge in [0.1, 0.15) is 5.57 Å².